The van der Waals surface area contributed by atoms with Crippen molar-refractivity contribution in [2.75, 3.05) is 5.73 Å². The van der Waals surface area contributed by atoms with Crippen molar-refractivity contribution >= 4 is 11.5 Å². The van der Waals surface area contributed by atoms with E-state index in [2.05, 4.69) is 4.98 Å². The van der Waals surface area contributed by atoms with Gasteiger partial charge in [0.05, 0.1) is 5.69 Å². The number of anilines is 1. The molecule has 0 aromatic carbocycles. The van der Waals surface area contributed by atoms with Crippen LogP contribution >= 0.6 is 0 Å². The number of aryl methyl sites for hydroxylation is 2. The number of nitrogens with two attached hydrogens (primary N) is 1. The molecule has 13 heavy (non-hydrogen) atoms. The molecule has 0 bridgehead atoms. The summed E-state index contributed by atoms with van der Waals surface area (Å²) < 4.78 is 3.18. The van der Waals surface area contributed by atoms with Gasteiger partial charge in [-0.25, -0.2) is 4.98 Å². The van der Waals surface area contributed by atoms with Crippen molar-refractivity contribution in [2.45, 2.75) is 6.92 Å². The third kappa shape index (κ3) is 1.00. The van der Waals surface area contributed by atoms with E-state index < -0.39 is 0 Å². The van der Waals surface area contributed by atoms with Crippen molar-refractivity contribution < 1.29 is 0 Å². The lowest BCUT2D eigenvalue weighted by Crippen LogP contribution is -2.22. The van der Waals surface area contributed by atoms with Crippen LogP contribution in [0.1, 0.15) is 5.69 Å². The molecule has 0 saturated heterocycles. The van der Waals surface area contributed by atoms with E-state index in [0.29, 0.717) is 5.78 Å². The summed E-state index contributed by atoms with van der Waals surface area (Å²) >= 11 is 0. The Kier molecular flexibility index (Phi) is 1.42. The van der Waals surface area contributed by atoms with Gasteiger partial charge in [-0.1, -0.05) is 0 Å². The zero-order valence-corrected chi connectivity index (χ0v) is 7.48. The van der Waals surface area contributed by atoms with Gasteiger partial charge in [-0.15, -0.1) is 0 Å². The van der Waals surface area contributed by atoms with Crippen LogP contribution in [0.3, 0.4) is 0 Å². The van der Waals surface area contributed by atoms with E-state index in [4.69, 9.17) is 5.73 Å². The zero-order chi connectivity index (χ0) is 9.59. The number of hydrogen-bond donors (Lipinski definition) is 1. The Labute approximate surface area is 74.4 Å². The highest BCUT2D eigenvalue weighted by molar-refractivity contribution is 5.41. The Morgan fingerprint density at radius 3 is 2.85 bits per heavy atom. The first-order valence-corrected chi connectivity index (χ1v) is 3.90. The smallest absolute Gasteiger partial charge is 0.277 e. The lowest BCUT2D eigenvalue weighted by atomic mass is 10.5. The van der Waals surface area contributed by atoms with Crippen molar-refractivity contribution in [3.63, 3.8) is 0 Å². The van der Waals surface area contributed by atoms with E-state index in [1.807, 2.05) is 13.1 Å². The van der Waals surface area contributed by atoms with Gasteiger partial charge in [0.1, 0.15) is 5.69 Å². The second-order valence-corrected chi connectivity index (χ2v) is 3.04. The number of imidazole rings is 1. The Hall–Kier alpha value is -1.78. The molecule has 0 aliphatic rings. The minimum atomic E-state index is -0.210. The van der Waals surface area contributed by atoms with Gasteiger partial charge < -0.3 is 5.73 Å². The summed E-state index contributed by atoms with van der Waals surface area (Å²) in [5, 5.41) is 0. The lowest BCUT2D eigenvalue weighted by Gasteiger charge is -2.01. The molecule has 2 heterocycles. The Morgan fingerprint density at radius 1 is 1.46 bits per heavy atom. The number of aromatic nitrogens is 3. The van der Waals surface area contributed by atoms with Crippen molar-refractivity contribution in [2.24, 2.45) is 7.05 Å². The maximum absolute atomic E-state index is 11.4. The molecule has 0 amide bonds. The Balaban J connectivity index is 3.01. The van der Waals surface area contributed by atoms with Gasteiger partial charge in [0.2, 0.25) is 5.78 Å². The summed E-state index contributed by atoms with van der Waals surface area (Å²) in [6.45, 7) is 1.87. The molecule has 0 saturated carbocycles. The van der Waals surface area contributed by atoms with Crippen LogP contribution in [0.5, 0.6) is 0 Å². The highest BCUT2D eigenvalue weighted by Gasteiger charge is 2.05. The van der Waals surface area contributed by atoms with Crippen LogP contribution in [0, 0.1) is 6.92 Å². The number of nitrogen functional groups attached to an aromatic ring is 1. The number of hydrogen-bond acceptors (Lipinski definition) is 3. The van der Waals surface area contributed by atoms with E-state index in [1.165, 1.54) is 4.57 Å². The molecule has 0 aliphatic carbocycles. The summed E-state index contributed by atoms with van der Waals surface area (Å²) in [7, 11) is 1.65. The monoisotopic (exact) mass is 178 g/mol. The molecule has 0 atom stereocenters. The lowest BCUT2D eigenvalue weighted by molar-refractivity contribution is 0.847. The Morgan fingerprint density at radius 2 is 2.15 bits per heavy atom. The first kappa shape index (κ1) is 7.85. The molecule has 2 rings (SSSR count). The molecule has 5 nitrogen and oxygen atoms in total. The predicted molar refractivity (Wildman–Crippen MR) is 49.6 cm³/mol. The number of fused-ring (bicyclic) bond motifs is 1. The minimum absolute atomic E-state index is 0.210. The normalized spacial score (nSPS) is 10.9. The average Bonchev–Trinajstić information content (AvgIpc) is 2.42. The molecule has 0 fully saturated rings. The first-order valence-electron chi connectivity index (χ1n) is 3.90. The van der Waals surface area contributed by atoms with Gasteiger partial charge in [-0.3, -0.25) is 13.8 Å². The maximum Gasteiger partial charge on any atom is 0.277 e. The van der Waals surface area contributed by atoms with Crippen LogP contribution in [-0.4, -0.2) is 14.0 Å². The van der Waals surface area contributed by atoms with E-state index >= 15 is 0 Å². The summed E-state index contributed by atoms with van der Waals surface area (Å²) in [6.07, 6.45) is 3.41. The molecular weight excluding hydrogens is 168 g/mol. The van der Waals surface area contributed by atoms with Crippen molar-refractivity contribution in [3.05, 3.63) is 28.4 Å². The van der Waals surface area contributed by atoms with Crippen LogP contribution < -0.4 is 11.3 Å². The van der Waals surface area contributed by atoms with E-state index in [9.17, 15) is 4.79 Å². The molecule has 2 aromatic heterocycles. The highest BCUT2D eigenvalue weighted by Crippen LogP contribution is 2.03. The van der Waals surface area contributed by atoms with Crippen molar-refractivity contribution in [1.82, 2.24) is 14.0 Å². The second-order valence-electron chi connectivity index (χ2n) is 3.04. The molecular formula is C8H10N4O. The zero-order valence-electron chi connectivity index (χ0n) is 7.48. The molecule has 2 aromatic rings. The van der Waals surface area contributed by atoms with Crippen molar-refractivity contribution in [3.8, 4) is 0 Å². The average molecular weight is 178 g/mol. The summed E-state index contributed by atoms with van der Waals surface area (Å²) in [5.74, 6) is 0.608. The highest BCUT2D eigenvalue weighted by atomic mass is 16.1. The van der Waals surface area contributed by atoms with Gasteiger partial charge in [-0.2, -0.15) is 0 Å². The van der Waals surface area contributed by atoms with Crippen LogP contribution in [0.25, 0.3) is 5.78 Å². The van der Waals surface area contributed by atoms with Crippen LogP contribution in [-0.2, 0) is 7.05 Å². The number of nitrogens with zero attached hydrogens (tertiary/aromatic N) is 3. The quantitative estimate of drug-likeness (QED) is 0.613. The summed E-state index contributed by atoms with van der Waals surface area (Å²) in [5.41, 5.74) is 6.39. The third-order valence-electron chi connectivity index (χ3n) is 1.96. The van der Waals surface area contributed by atoms with E-state index in [-0.39, 0.29) is 11.2 Å². The second kappa shape index (κ2) is 2.35. The predicted octanol–water partition coefficient (Wildman–Crippen LogP) is -0.0764. The minimum Gasteiger partial charge on any atom is -0.393 e. The third-order valence-corrected chi connectivity index (χ3v) is 1.96. The van der Waals surface area contributed by atoms with E-state index in [0.717, 1.165) is 5.69 Å². The molecule has 0 spiro atoms. The topological polar surface area (TPSA) is 65.3 Å². The van der Waals surface area contributed by atoms with Crippen LogP contribution in [0.2, 0.25) is 0 Å². The maximum atomic E-state index is 11.4. The van der Waals surface area contributed by atoms with Gasteiger partial charge in [0.15, 0.2) is 0 Å². The fourth-order valence-electron chi connectivity index (χ4n) is 1.34. The standard InChI is InChI=1S/C8H10N4O/c1-5-3-12-4-6(9)7(13)11(2)8(12)10-5/h3-4H,9H2,1-2H3. The fraction of sp³-hybridized carbons (Fsp3) is 0.250. The van der Waals surface area contributed by atoms with Crippen molar-refractivity contribution in [1.29, 1.82) is 0 Å². The fourth-order valence-corrected chi connectivity index (χ4v) is 1.34. The van der Waals surface area contributed by atoms with Gasteiger partial charge in [-0.05, 0) is 6.92 Å². The van der Waals surface area contributed by atoms with Gasteiger partial charge >= 0.3 is 0 Å². The van der Waals surface area contributed by atoms with Gasteiger partial charge in [0, 0.05) is 19.4 Å². The molecule has 0 aliphatic heterocycles. The molecule has 2 N–H and O–H groups in total. The molecule has 68 valence electrons. The molecule has 0 unspecified atom stereocenters. The molecule has 0 radical (unpaired) electrons. The van der Waals surface area contributed by atoms with Crippen LogP contribution in [0.15, 0.2) is 17.2 Å². The van der Waals surface area contributed by atoms with Crippen LogP contribution in [0.4, 0.5) is 5.69 Å². The van der Waals surface area contributed by atoms with E-state index in [1.54, 1.807) is 17.6 Å². The number of rotatable bonds is 0. The SMILES string of the molecule is Cc1cn2cc(N)c(=O)n(C)c2n1. The summed E-state index contributed by atoms with van der Waals surface area (Å²) in [4.78, 5) is 15.6. The Bertz CT molecular complexity index is 523. The first-order chi connectivity index (χ1) is 6.09. The molecule has 5 heteroatoms. The largest absolute Gasteiger partial charge is 0.393 e. The summed E-state index contributed by atoms with van der Waals surface area (Å²) in [6, 6.07) is 0. The van der Waals surface area contributed by atoms with Gasteiger partial charge in [0.25, 0.3) is 5.56 Å².